The van der Waals surface area contributed by atoms with E-state index < -0.39 is 0 Å². The summed E-state index contributed by atoms with van der Waals surface area (Å²) in [6.45, 7) is 0. The number of aromatic nitrogens is 3. The molecule has 52 heavy (non-hydrogen) atoms. The van der Waals surface area contributed by atoms with Crippen LogP contribution in [0.2, 0.25) is 0 Å². The molecule has 1 aromatic heterocycles. The Balaban J connectivity index is 1.10. The van der Waals surface area contributed by atoms with Gasteiger partial charge in [-0.25, -0.2) is 15.0 Å². The molecule has 0 aliphatic carbocycles. The van der Waals surface area contributed by atoms with E-state index in [1.165, 1.54) is 49.0 Å². The largest absolute Gasteiger partial charge is 0.208 e. The molecule has 0 amide bonds. The lowest BCUT2D eigenvalue weighted by atomic mass is 9.97. The Morgan fingerprint density at radius 1 is 0.231 bits per heavy atom. The Bertz CT molecular complexity index is 2940. The van der Waals surface area contributed by atoms with Crippen molar-refractivity contribution in [2.75, 3.05) is 0 Å². The van der Waals surface area contributed by atoms with E-state index in [-0.39, 0.29) is 0 Å². The van der Waals surface area contributed by atoms with Gasteiger partial charge in [0, 0.05) is 16.7 Å². The number of nitrogens with zero attached hydrogens (tertiary/aromatic N) is 3. The quantitative estimate of drug-likeness (QED) is 0.172. The van der Waals surface area contributed by atoms with Gasteiger partial charge < -0.3 is 0 Å². The number of fused-ring (bicyclic) bond motifs is 5. The predicted molar refractivity (Wildman–Crippen MR) is 217 cm³/mol. The summed E-state index contributed by atoms with van der Waals surface area (Å²) in [5, 5.41) is 9.60. The molecule has 242 valence electrons. The van der Waals surface area contributed by atoms with Crippen LogP contribution in [0.1, 0.15) is 0 Å². The highest BCUT2D eigenvalue weighted by atomic mass is 15.0. The van der Waals surface area contributed by atoms with Crippen LogP contribution in [0.3, 0.4) is 0 Å². The van der Waals surface area contributed by atoms with Crippen LogP contribution in [0, 0.1) is 0 Å². The molecule has 9 aromatic carbocycles. The average molecular weight is 662 g/mol. The normalized spacial score (nSPS) is 11.5. The van der Waals surface area contributed by atoms with Crippen molar-refractivity contribution in [1.29, 1.82) is 0 Å². The van der Waals surface area contributed by atoms with E-state index in [9.17, 15) is 0 Å². The van der Waals surface area contributed by atoms with Gasteiger partial charge in [0.25, 0.3) is 0 Å². The maximum absolute atomic E-state index is 5.12. The maximum Gasteiger partial charge on any atom is 0.164 e. The number of hydrogen-bond donors (Lipinski definition) is 0. The van der Waals surface area contributed by atoms with Gasteiger partial charge in [0.15, 0.2) is 17.5 Å². The average Bonchev–Trinajstić information content (AvgIpc) is 3.23. The second-order valence-electron chi connectivity index (χ2n) is 13.3. The van der Waals surface area contributed by atoms with E-state index >= 15 is 0 Å². The lowest BCUT2D eigenvalue weighted by molar-refractivity contribution is 1.08. The van der Waals surface area contributed by atoms with Gasteiger partial charge >= 0.3 is 0 Å². The van der Waals surface area contributed by atoms with Crippen molar-refractivity contribution in [2.45, 2.75) is 0 Å². The molecule has 0 aliphatic heterocycles. The first kappa shape index (κ1) is 29.9. The standard InChI is InChI=1S/C49H31N3/c1-2-9-32(10-3-1)37-22-23-39-30-41(26-24-38(39)29-37)48-50-47(36-20-17-35(18-21-36)45-16-8-13-33-11-4-6-14-43(33)45)51-49(52-48)42-27-28-46-40(31-42)25-19-34-12-5-7-15-44(34)46/h1-31H. The van der Waals surface area contributed by atoms with Gasteiger partial charge in [-0.05, 0) is 83.5 Å². The first-order valence-corrected chi connectivity index (χ1v) is 17.6. The highest BCUT2D eigenvalue weighted by Crippen LogP contribution is 2.34. The van der Waals surface area contributed by atoms with Crippen molar-refractivity contribution < 1.29 is 0 Å². The van der Waals surface area contributed by atoms with Gasteiger partial charge in [-0.2, -0.15) is 0 Å². The van der Waals surface area contributed by atoms with E-state index in [4.69, 9.17) is 15.0 Å². The first-order valence-electron chi connectivity index (χ1n) is 17.6. The van der Waals surface area contributed by atoms with Crippen LogP contribution in [-0.4, -0.2) is 15.0 Å². The zero-order valence-electron chi connectivity index (χ0n) is 28.2. The molecule has 3 nitrogen and oxygen atoms in total. The molecule has 10 aromatic rings. The predicted octanol–water partition coefficient (Wildman–Crippen LogP) is 12.8. The van der Waals surface area contributed by atoms with Gasteiger partial charge in [-0.15, -0.1) is 0 Å². The number of rotatable bonds is 5. The van der Waals surface area contributed by atoms with Crippen LogP contribution < -0.4 is 0 Å². The van der Waals surface area contributed by atoms with Gasteiger partial charge in [-0.3, -0.25) is 0 Å². The molecule has 0 saturated carbocycles. The smallest absolute Gasteiger partial charge is 0.164 e. The third-order valence-electron chi connectivity index (χ3n) is 10.1. The van der Waals surface area contributed by atoms with E-state index in [1.54, 1.807) is 0 Å². The highest BCUT2D eigenvalue weighted by Gasteiger charge is 2.15. The van der Waals surface area contributed by atoms with Crippen molar-refractivity contribution in [3.05, 3.63) is 188 Å². The second-order valence-corrected chi connectivity index (χ2v) is 13.3. The zero-order valence-corrected chi connectivity index (χ0v) is 28.2. The van der Waals surface area contributed by atoms with Crippen LogP contribution in [-0.2, 0) is 0 Å². The highest BCUT2D eigenvalue weighted by molar-refractivity contribution is 6.08. The fraction of sp³-hybridized carbons (Fsp3) is 0. The monoisotopic (exact) mass is 661 g/mol. The van der Waals surface area contributed by atoms with Gasteiger partial charge in [0.05, 0.1) is 0 Å². The summed E-state index contributed by atoms with van der Waals surface area (Å²) in [5.41, 5.74) is 7.60. The number of benzene rings is 9. The fourth-order valence-corrected chi connectivity index (χ4v) is 7.39. The minimum Gasteiger partial charge on any atom is -0.208 e. The minimum atomic E-state index is 0.641. The van der Waals surface area contributed by atoms with E-state index in [0.29, 0.717) is 17.5 Å². The molecule has 0 aliphatic rings. The second kappa shape index (κ2) is 12.4. The topological polar surface area (TPSA) is 38.7 Å². The summed E-state index contributed by atoms with van der Waals surface area (Å²) in [5.74, 6) is 1.93. The molecule has 0 fully saturated rings. The Morgan fingerprint density at radius 3 is 1.44 bits per heavy atom. The van der Waals surface area contributed by atoms with Crippen LogP contribution in [0.15, 0.2) is 188 Å². The van der Waals surface area contributed by atoms with E-state index in [2.05, 4.69) is 182 Å². The molecule has 10 rings (SSSR count). The fourth-order valence-electron chi connectivity index (χ4n) is 7.39. The summed E-state index contributed by atoms with van der Waals surface area (Å²) in [4.78, 5) is 15.3. The SMILES string of the molecule is c1ccc(-c2ccc3cc(-c4nc(-c5ccc(-c6cccc7ccccc67)cc5)nc(-c5ccc6c(ccc7ccccc76)c5)n4)ccc3c2)cc1. The van der Waals surface area contributed by atoms with Crippen LogP contribution in [0.4, 0.5) is 0 Å². The Morgan fingerprint density at radius 2 is 0.692 bits per heavy atom. The first-order chi connectivity index (χ1) is 25.7. The molecular formula is C49H31N3. The third-order valence-corrected chi connectivity index (χ3v) is 10.1. The number of hydrogen-bond acceptors (Lipinski definition) is 3. The molecule has 1 heterocycles. The van der Waals surface area contributed by atoms with Crippen molar-refractivity contribution in [2.24, 2.45) is 0 Å². The van der Waals surface area contributed by atoms with Crippen LogP contribution in [0.5, 0.6) is 0 Å². The van der Waals surface area contributed by atoms with E-state index in [1.807, 2.05) is 6.07 Å². The third kappa shape index (κ3) is 5.37. The summed E-state index contributed by atoms with van der Waals surface area (Å²) in [6, 6.07) is 66.5. The molecular weight excluding hydrogens is 631 g/mol. The molecule has 0 unspecified atom stereocenters. The van der Waals surface area contributed by atoms with Crippen LogP contribution >= 0.6 is 0 Å². The van der Waals surface area contributed by atoms with Gasteiger partial charge in [-0.1, -0.05) is 170 Å². The van der Waals surface area contributed by atoms with Crippen molar-refractivity contribution in [3.8, 4) is 56.4 Å². The molecule has 0 N–H and O–H groups in total. The molecule has 0 bridgehead atoms. The molecule has 3 heteroatoms. The summed E-state index contributed by atoms with van der Waals surface area (Å²) in [6.07, 6.45) is 0. The zero-order chi connectivity index (χ0) is 34.4. The van der Waals surface area contributed by atoms with Crippen molar-refractivity contribution in [1.82, 2.24) is 15.0 Å². The van der Waals surface area contributed by atoms with Crippen molar-refractivity contribution in [3.63, 3.8) is 0 Å². The summed E-state index contributed by atoms with van der Waals surface area (Å²) < 4.78 is 0. The lowest BCUT2D eigenvalue weighted by Crippen LogP contribution is -2.00. The Hall–Kier alpha value is -6.97. The summed E-state index contributed by atoms with van der Waals surface area (Å²) in [7, 11) is 0. The molecule has 0 saturated heterocycles. The molecule has 0 spiro atoms. The summed E-state index contributed by atoms with van der Waals surface area (Å²) >= 11 is 0. The lowest BCUT2D eigenvalue weighted by Gasteiger charge is -2.11. The van der Waals surface area contributed by atoms with Crippen LogP contribution in [0.25, 0.3) is 99.5 Å². The van der Waals surface area contributed by atoms with Gasteiger partial charge in [0.1, 0.15) is 0 Å². The van der Waals surface area contributed by atoms with E-state index in [0.717, 1.165) is 33.0 Å². The maximum atomic E-state index is 5.12. The minimum absolute atomic E-state index is 0.641. The molecule has 0 radical (unpaired) electrons. The molecule has 0 atom stereocenters. The Kier molecular flexibility index (Phi) is 7.14. The van der Waals surface area contributed by atoms with Gasteiger partial charge in [0.2, 0.25) is 0 Å². The Labute approximate surface area is 301 Å². The van der Waals surface area contributed by atoms with Crippen molar-refractivity contribution >= 4 is 43.1 Å².